The highest BCUT2D eigenvalue weighted by atomic mass is 79.9. The predicted octanol–water partition coefficient (Wildman–Crippen LogP) is 2.65. The lowest BCUT2D eigenvalue weighted by Crippen LogP contribution is -2.04. The van der Waals surface area contributed by atoms with Crippen molar-refractivity contribution >= 4 is 33.0 Å². The Morgan fingerprint density at radius 3 is 2.81 bits per heavy atom. The minimum atomic E-state index is 0.268. The molecule has 3 rings (SSSR count). The van der Waals surface area contributed by atoms with Crippen LogP contribution >= 0.6 is 15.9 Å². The first-order valence-electron chi connectivity index (χ1n) is 6.03. The summed E-state index contributed by atoms with van der Waals surface area (Å²) < 4.78 is 7.59. The summed E-state index contributed by atoms with van der Waals surface area (Å²) in [4.78, 5) is 8.63. The molecular weight excluding hydrogens is 334 g/mol. The number of nitrogen functional groups attached to an aromatic ring is 1. The number of ether oxygens (including phenoxy) is 1. The molecule has 0 fully saturated rings. The fourth-order valence-corrected chi connectivity index (χ4v) is 2.46. The molecule has 0 aliphatic carbocycles. The van der Waals surface area contributed by atoms with E-state index in [2.05, 4.69) is 32.0 Å². The summed E-state index contributed by atoms with van der Waals surface area (Å²) in [6.07, 6.45) is 0. The smallest absolute Gasteiger partial charge is 0.215 e. The van der Waals surface area contributed by atoms with Crippen LogP contribution < -0.4 is 10.5 Å². The van der Waals surface area contributed by atoms with E-state index in [-0.39, 0.29) is 5.95 Å². The van der Waals surface area contributed by atoms with Crippen LogP contribution in [0.2, 0.25) is 0 Å². The van der Waals surface area contributed by atoms with Gasteiger partial charge in [0.05, 0.1) is 18.4 Å². The van der Waals surface area contributed by atoms with Gasteiger partial charge in [-0.1, -0.05) is 15.9 Å². The number of anilines is 1. The second kappa shape index (κ2) is 5.07. The topological polar surface area (TPSA) is 89.8 Å². The van der Waals surface area contributed by atoms with Gasteiger partial charge in [-0.05, 0) is 24.3 Å². The number of imidazole rings is 1. The van der Waals surface area contributed by atoms with Gasteiger partial charge in [0.15, 0.2) is 5.65 Å². The Balaban J connectivity index is 2.34. The molecular formula is C14H10BrN5O. The summed E-state index contributed by atoms with van der Waals surface area (Å²) >= 11 is 3.35. The molecule has 2 aromatic heterocycles. The number of hydrogen-bond acceptors (Lipinski definition) is 5. The molecule has 2 N–H and O–H groups in total. The van der Waals surface area contributed by atoms with Gasteiger partial charge in [-0.25, -0.2) is 4.98 Å². The quantitative estimate of drug-likeness (QED) is 0.772. The van der Waals surface area contributed by atoms with Gasteiger partial charge < -0.3 is 10.5 Å². The zero-order chi connectivity index (χ0) is 15.0. The molecule has 0 unspecified atom stereocenters. The van der Waals surface area contributed by atoms with Crippen LogP contribution in [-0.4, -0.2) is 21.6 Å². The lowest BCUT2D eigenvalue weighted by molar-refractivity contribution is 0.399. The maximum atomic E-state index is 9.31. The molecule has 0 spiro atoms. The summed E-state index contributed by atoms with van der Waals surface area (Å²) in [5.74, 6) is 0.726. The van der Waals surface area contributed by atoms with Crippen LogP contribution in [-0.2, 0) is 0 Å². The Hall–Kier alpha value is -2.59. The molecule has 0 amide bonds. The number of aromatic nitrogens is 3. The van der Waals surface area contributed by atoms with E-state index in [1.54, 1.807) is 35.9 Å². The van der Waals surface area contributed by atoms with Gasteiger partial charge >= 0.3 is 0 Å². The molecule has 0 atom stereocenters. The third-order valence-electron chi connectivity index (χ3n) is 3.03. The van der Waals surface area contributed by atoms with Crippen LogP contribution in [0.15, 0.2) is 34.8 Å². The average Bonchev–Trinajstić information content (AvgIpc) is 2.82. The fraction of sp³-hybridized carbons (Fsp3) is 0.0714. The Labute approximate surface area is 128 Å². The number of nitriles is 1. The van der Waals surface area contributed by atoms with Gasteiger partial charge in [0, 0.05) is 10.5 Å². The molecule has 0 aliphatic heterocycles. The molecule has 3 aromatic rings. The Morgan fingerprint density at radius 1 is 1.29 bits per heavy atom. The number of benzene rings is 1. The van der Waals surface area contributed by atoms with Crippen molar-refractivity contribution < 1.29 is 4.74 Å². The molecule has 104 valence electrons. The molecule has 2 heterocycles. The summed E-state index contributed by atoms with van der Waals surface area (Å²) in [7, 11) is 1.54. The summed E-state index contributed by atoms with van der Waals surface area (Å²) in [5.41, 5.74) is 8.27. The third-order valence-corrected chi connectivity index (χ3v) is 3.53. The lowest BCUT2D eigenvalue weighted by Gasteiger charge is -2.08. The second-order valence-corrected chi connectivity index (χ2v) is 5.19. The van der Waals surface area contributed by atoms with E-state index in [1.807, 2.05) is 6.07 Å². The molecule has 0 aliphatic rings. The molecule has 6 nitrogen and oxygen atoms in total. The van der Waals surface area contributed by atoms with Crippen molar-refractivity contribution in [2.45, 2.75) is 0 Å². The van der Waals surface area contributed by atoms with Crippen LogP contribution in [0.3, 0.4) is 0 Å². The zero-order valence-electron chi connectivity index (χ0n) is 11.0. The zero-order valence-corrected chi connectivity index (χ0v) is 12.6. The lowest BCUT2D eigenvalue weighted by atomic mass is 10.2. The molecule has 0 bridgehead atoms. The number of fused-ring (bicyclic) bond motifs is 1. The molecule has 7 heteroatoms. The monoisotopic (exact) mass is 343 g/mol. The van der Waals surface area contributed by atoms with Crippen LogP contribution in [0.25, 0.3) is 16.9 Å². The summed E-state index contributed by atoms with van der Waals surface area (Å²) in [5, 5.41) is 9.31. The van der Waals surface area contributed by atoms with Crippen molar-refractivity contribution in [2.75, 3.05) is 12.8 Å². The van der Waals surface area contributed by atoms with E-state index in [0.29, 0.717) is 28.3 Å². The highest BCUT2D eigenvalue weighted by Gasteiger charge is 2.15. The first kappa shape index (κ1) is 13.4. The third kappa shape index (κ3) is 2.19. The normalized spacial score (nSPS) is 10.5. The predicted molar refractivity (Wildman–Crippen MR) is 82.2 cm³/mol. The first-order valence-corrected chi connectivity index (χ1v) is 6.82. The second-order valence-electron chi connectivity index (χ2n) is 4.28. The largest absolute Gasteiger partial charge is 0.481 e. The van der Waals surface area contributed by atoms with Crippen molar-refractivity contribution in [1.82, 2.24) is 14.5 Å². The Kier molecular flexibility index (Phi) is 3.23. The SMILES string of the molecule is COc1ccc2nc(N)n(-c3ccc(Br)cc3C#N)c2n1. The number of halogens is 1. The van der Waals surface area contributed by atoms with Gasteiger partial charge in [0.25, 0.3) is 0 Å². The highest BCUT2D eigenvalue weighted by Crippen LogP contribution is 2.27. The van der Waals surface area contributed by atoms with Crippen molar-refractivity contribution in [1.29, 1.82) is 5.26 Å². The van der Waals surface area contributed by atoms with Gasteiger partial charge in [-0.2, -0.15) is 10.2 Å². The van der Waals surface area contributed by atoms with Gasteiger partial charge in [0.1, 0.15) is 11.6 Å². The molecule has 1 aromatic carbocycles. The number of nitrogens with two attached hydrogens (primary N) is 1. The minimum Gasteiger partial charge on any atom is -0.481 e. The summed E-state index contributed by atoms with van der Waals surface area (Å²) in [6, 6.07) is 11.0. The van der Waals surface area contributed by atoms with Crippen LogP contribution in [0.1, 0.15) is 5.56 Å². The Bertz CT molecular complexity index is 881. The van der Waals surface area contributed by atoms with Crippen LogP contribution in [0.4, 0.5) is 5.95 Å². The molecule has 21 heavy (non-hydrogen) atoms. The van der Waals surface area contributed by atoms with E-state index in [0.717, 1.165) is 4.47 Å². The van der Waals surface area contributed by atoms with E-state index in [1.165, 1.54) is 0 Å². The number of hydrogen-bond donors (Lipinski definition) is 1. The fourth-order valence-electron chi connectivity index (χ4n) is 2.10. The standard InChI is InChI=1S/C14H10BrN5O/c1-21-12-5-3-10-13(19-12)20(14(17)18-10)11-4-2-9(15)6-8(11)7-16/h2-6H,1H3,(H2,17,18). The Morgan fingerprint density at radius 2 is 2.10 bits per heavy atom. The first-order chi connectivity index (χ1) is 10.1. The van der Waals surface area contributed by atoms with Crippen molar-refractivity contribution in [2.24, 2.45) is 0 Å². The molecule has 0 radical (unpaired) electrons. The van der Waals surface area contributed by atoms with Gasteiger partial charge in [-0.15, -0.1) is 0 Å². The maximum Gasteiger partial charge on any atom is 0.215 e. The maximum absolute atomic E-state index is 9.31. The minimum absolute atomic E-state index is 0.268. The molecule has 0 saturated carbocycles. The van der Waals surface area contributed by atoms with Crippen molar-refractivity contribution in [3.8, 4) is 17.6 Å². The van der Waals surface area contributed by atoms with Gasteiger partial charge in [0.2, 0.25) is 11.8 Å². The highest BCUT2D eigenvalue weighted by molar-refractivity contribution is 9.10. The number of rotatable bonds is 2. The van der Waals surface area contributed by atoms with Crippen LogP contribution in [0, 0.1) is 11.3 Å². The number of nitrogens with zero attached hydrogens (tertiary/aromatic N) is 4. The van der Waals surface area contributed by atoms with Crippen molar-refractivity contribution in [3.63, 3.8) is 0 Å². The van der Waals surface area contributed by atoms with E-state index in [4.69, 9.17) is 10.5 Å². The average molecular weight is 344 g/mol. The van der Waals surface area contributed by atoms with Crippen molar-refractivity contribution in [3.05, 3.63) is 40.4 Å². The van der Waals surface area contributed by atoms with E-state index in [9.17, 15) is 5.26 Å². The van der Waals surface area contributed by atoms with Crippen LogP contribution in [0.5, 0.6) is 5.88 Å². The number of pyridine rings is 1. The summed E-state index contributed by atoms with van der Waals surface area (Å²) in [6.45, 7) is 0. The number of methoxy groups -OCH3 is 1. The van der Waals surface area contributed by atoms with E-state index < -0.39 is 0 Å². The van der Waals surface area contributed by atoms with E-state index >= 15 is 0 Å². The molecule has 0 saturated heterocycles. The van der Waals surface area contributed by atoms with Gasteiger partial charge in [-0.3, -0.25) is 4.57 Å².